The van der Waals surface area contributed by atoms with Gasteiger partial charge >= 0.3 is 0 Å². The molecule has 1 aliphatic heterocycles. The number of ether oxygens (including phenoxy) is 1. The van der Waals surface area contributed by atoms with E-state index in [0.29, 0.717) is 0 Å². The maximum atomic E-state index is 5.66. The predicted molar refractivity (Wildman–Crippen MR) is 105 cm³/mol. The molecule has 0 saturated carbocycles. The van der Waals surface area contributed by atoms with Gasteiger partial charge in [0.1, 0.15) is 5.01 Å². The van der Waals surface area contributed by atoms with Crippen LogP contribution in [0, 0.1) is 13.8 Å². The molecule has 25 heavy (non-hydrogen) atoms. The van der Waals surface area contributed by atoms with E-state index in [1.807, 2.05) is 19.2 Å². The third kappa shape index (κ3) is 4.72. The van der Waals surface area contributed by atoms with Gasteiger partial charge in [0.2, 0.25) is 5.88 Å². The third-order valence-electron chi connectivity index (χ3n) is 4.06. The zero-order valence-electron chi connectivity index (χ0n) is 15.3. The quantitative estimate of drug-likeness (QED) is 0.851. The van der Waals surface area contributed by atoms with E-state index in [4.69, 9.17) is 4.74 Å². The van der Waals surface area contributed by atoms with Crippen molar-refractivity contribution >= 4 is 23.0 Å². The van der Waals surface area contributed by atoms with Crippen LogP contribution in [-0.2, 0) is 6.42 Å². The Hall–Kier alpha value is -2.08. The standard InChI is InChI=1S/C19H26N4OS/c1-12(2)24-17-11-25-18(23-17)10-15-8-14(4)16(9-13(15)3)22-19-20-6-5-7-21-19/h8-9,11-12H,5-7,10H2,1-4H3,(H2,20,21,22). The van der Waals surface area contributed by atoms with Gasteiger partial charge < -0.3 is 15.4 Å². The van der Waals surface area contributed by atoms with Crippen LogP contribution in [0.2, 0.25) is 0 Å². The number of thiazole rings is 1. The lowest BCUT2D eigenvalue weighted by Gasteiger charge is -2.18. The molecule has 0 atom stereocenters. The highest BCUT2D eigenvalue weighted by Gasteiger charge is 2.11. The molecule has 2 N–H and O–H groups in total. The average Bonchev–Trinajstić information content (AvgIpc) is 2.99. The number of anilines is 1. The van der Waals surface area contributed by atoms with Crippen molar-refractivity contribution in [3.63, 3.8) is 0 Å². The highest BCUT2D eigenvalue weighted by Crippen LogP contribution is 2.25. The van der Waals surface area contributed by atoms with Crippen LogP contribution >= 0.6 is 11.3 Å². The molecule has 1 aromatic carbocycles. The minimum Gasteiger partial charge on any atom is -0.474 e. The van der Waals surface area contributed by atoms with Crippen molar-refractivity contribution in [2.75, 3.05) is 18.4 Å². The Kier molecular flexibility index (Phi) is 5.58. The Morgan fingerprint density at radius 2 is 2.12 bits per heavy atom. The van der Waals surface area contributed by atoms with Crippen molar-refractivity contribution < 1.29 is 4.74 Å². The van der Waals surface area contributed by atoms with E-state index in [9.17, 15) is 0 Å². The highest BCUT2D eigenvalue weighted by molar-refractivity contribution is 7.09. The molecule has 0 aliphatic carbocycles. The molecule has 1 aromatic heterocycles. The summed E-state index contributed by atoms with van der Waals surface area (Å²) in [6, 6.07) is 4.44. The van der Waals surface area contributed by atoms with Gasteiger partial charge in [0.15, 0.2) is 5.96 Å². The smallest absolute Gasteiger partial charge is 0.224 e. The van der Waals surface area contributed by atoms with E-state index < -0.39 is 0 Å². The lowest BCUT2D eigenvalue weighted by molar-refractivity contribution is 0.234. The number of nitrogens with zero attached hydrogens (tertiary/aromatic N) is 2. The fourth-order valence-corrected chi connectivity index (χ4v) is 3.51. The van der Waals surface area contributed by atoms with Gasteiger partial charge in [0, 0.05) is 25.2 Å². The number of aryl methyl sites for hydroxylation is 2. The first-order chi connectivity index (χ1) is 12.0. The average molecular weight is 359 g/mol. The molecule has 0 amide bonds. The summed E-state index contributed by atoms with van der Waals surface area (Å²) in [4.78, 5) is 9.07. The van der Waals surface area contributed by atoms with Crippen molar-refractivity contribution in [1.82, 2.24) is 10.3 Å². The van der Waals surface area contributed by atoms with Crippen molar-refractivity contribution in [1.29, 1.82) is 0 Å². The minimum atomic E-state index is 0.153. The molecule has 0 radical (unpaired) electrons. The molecular weight excluding hydrogens is 332 g/mol. The van der Waals surface area contributed by atoms with E-state index in [1.54, 1.807) is 11.3 Å². The normalized spacial score (nSPS) is 14.2. The van der Waals surface area contributed by atoms with Crippen molar-refractivity contribution in [3.8, 4) is 5.88 Å². The van der Waals surface area contributed by atoms with Crippen LogP contribution in [-0.4, -0.2) is 30.1 Å². The molecule has 0 bridgehead atoms. The molecule has 134 valence electrons. The number of aliphatic imine (C=N–C) groups is 1. The molecule has 0 unspecified atom stereocenters. The van der Waals surface area contributed by atoms with Gasteiger partial charge in [-0.2, -0.15) is 0 Å². The van der Waals surface area contributed by atoms with Gasteiger partial charge in [-0.05, 0) is 56.9 Å². The summed E-state index contributed by atoms with van der Waals surface area (Å²) < 4.78 is 5.66. The van der Waals surface area contributed by atoms with E-state index in [2.05, 4.69) is 46.6 Å². The Morgan fingerprint density at radius 3 is 2.84 bits per heavy atom. The molecule has 6 heteroatoms. The number of guanidine groups is 1. The van der Waals surface area contributed by atoms with Crippen LogP contribution in [0.5, 0.6) is 5.88 Å². The monoisotopic (exact) mass is 358 g/mol. The summed E-state index contributed by atoms with van der Waals surface area (Å²) in [5, 5.41) is 9.78. The summed E-state index contributed by atoms with van der Waals surface area (Å²) in [5.41, 5.74) is 4.88. The summed E-state index contributed by atoms with van der Waals surface area (Å²) in [7, 11) is 0. The van der Waals surface area contributed by atoms with Gasteiger partial charge in [-0.25, -0.2) is 4.98 Å². The van der Waals surface area contributed by atoms with Crippen LogP contribution in [0.1, 0.15) is 42.0 Å². The minimum absolute atomic E-state index is 0.153. The Morgan fingerprint density at radius 1 is 1.28 bits per heavy atom. The maximum absolute atomic E-state index is 5.66. The van der Waals surface area contributed by atoms with E-state index in [-0.39, 0.29) is 6.10 Å². The molecular formula is C19H26N4OS. The highest BCUT2D eigenvalue weighted by atomic mass is 32.1. The fourth-order valence-electron chi connectivity index (χ4n) is 2.78. The number of aromatic nitrogens is 1. The molecule has 3 rings (SSSR count). The third-order valence-corrected chi connectivity index (χ3v) is 4.89. The van der Waals surface area contributed by atoms with Crippen LogP contribution < -0.4 is 15.4 Å². The first-order valence-electron chi connectivity index (χ1n) is 8.78. The van der Waals surface area contributed by atoms with Crippen molar-refractivity contribution in [3.05, 3.63) is 39.2 Å². The maximum Gasteiger partial charge on any atom is 0.224 e. The molecule has 5 nitrogen and oxygen atoms in total. The van der Waals surface area contributed by atoms with Crippen LogP contribution in [0.4, 0.5) is 5.69 Å². The van der Waals surface area contributed by atoms with Gasteiger partial charge in [-0.3, -0.25) is 4.99 Å². The second-order valence-electron chi connectivity index (χ2n) is 6.65. The summed E-state index contributed by atoms with van der Waals surface area (Å²) >= 11 is 1.65. The zero-order chi connectivity index (χ0) is 17.8. The second kappa shape index (κ2) is 7.87. The van der Waals surface area contributed by atoms with Gasteiger partial charge in [-0.15, -0.1) is 11.3 Å². The number of benzene rings is 1. The Labute approximate surface area is 153 Å². The molecule has 2 heterocycles. The SMILES string of the molecule is Cc1cc(NC2=NCCCN2)c(C)cc1Cc1nc(OC(C)C)cs1. The van der Waals surface area contributed by atoms with E-state index in [1.165, 1.54) is 16.7 Å². The van der Waals surface area contributed by atoms with Crippen LogP contribution in [0.15, 0.2) is 22.5 Å². The Bertz CT molecular complexity index is 767. The predicted octanol–water partition coefficient (Wildman–Crippen LogP) is 3.90. The van der Waals surface area contributed by atoms with Crippen molar-refractivity contribution in [2.24, 2.45) is 4.99 Å². The second-order valence-corrected chi connectivity index (χ2v) is 7.59. The zero-order valence-corrected chi connectivity index (χ0v) is 16.2. The molecule has 2 aromatic rings. The van der Waals surface area contributed by atoms with E-state index >= 15 is 0 Å². The lowest BCUT2D eigenvalue weighted by Crippen LogP contribution is -2.35. The number of nitrogens with one attached hydrogen (secondary N) is 2. The van der Waals surface area contributed by atoms with Crippen LogP contribution in [0.25, 0.3) is 0 Å². The first-order valence-corrected chi connectivity index (χ1v) is 9.66. The van der Waals surface area contributed by atoms with Gasteiger partial charge in [-0.1, -0.05) is 6.07 Å². The first kappa shape index (κ1) is 17.7. The number of rotatable bonds is 5. The molecule has 1 aliphatic rings. The summed E-state index contributed by atoms with van der Waals surface area (Å²) in [5.74, 6) is 1.60. The molecule has 0 saturated heterocycles. The lowest BCUT2D eigenvalue weighted by atomic mass is 10.0. The van der Waals surface area contributed by atoms with Crippen LogP contribution in [0.3, 0.4) is 0 Å². The topological polar surface area (TPSA) is 58.5 Å². The largest absolute Gasteiger partial charge is 0.474 e. The van der Waals surface area contributed by atoms with Gasteiger partial charge in [0.25, 0.3) is 0 Å². The van der Waals surface area contributed by atoms with Gasteiger partial charge in [0.05, 0.1) is 11.5 Å². The molecule has 0 fully saturated rings. The fraction of sp³-hybridized carbons (Fsp3) is 0.474. The number of hydrogen-bond acceptors (Lipinski definition) is 6. The van der Waals surface area contributed by atoms with E-state index in [0.717, 1.165) is 48.5 Å². The van der Waals surface area contributed by atoms with Crippen molar-refractivity contribution in [2.45, 2.75) is 46.6 Å². The Balaban J connectivity index is 1.73. The molecule has 0 spiro atoms. The summed E-state index contributed by atoms with van der Waals surface area (Å²) in [6.07, 6.45) is 2.08. The number of hydrogen-bond donors (Lipinski definition) is 2. The summed E-state index contributed by atoms with van der Waals surface area (Å²) in [6.45, 7) is 10.2.